The molecule has 0 radical (unpaired) electrons. The third kappa shape index (κ3) is 5.35. The standard InChI is InChI=1S/C29H23N5OS/c30-18-22-19-32-28-25(17-26(36-28)21-7-3-1-4-8-21)27(22)31-16-15-20-11-13-24(14-12-20)34-29(35)33-23-9-5-2-6-10-23/h1-14,17,19H,15-16H2,(H,31,32)(H2,33,34,35). The maximum absolute atomic E-state index is 12.2. The zero-order valence-electron chi connectivity index (χ0n) is 19.4. The molecular weight excluding hydrogens is 466 g/mol. The van der Waals surface area contributed by atoms with Gasteiger partial charge in [-0.25, -0.2) is 9.78 Å². The van der Waals surface area contributed by atoms with Gasteiger partial charge in [0.1, 0.15) is 10.9 Å². The Morgan fingerprint density at radius 1 is 0.889 bits per heavy atom. The van der Waals surface area contributed by atoms with Crippen molar-refractivity contribution in [3.8, 4) is 16.5 Å². The van der Waals surface area contributed by atoms with Gasteiger partial charge in [0.05, 0.1) is 11.3 Å². The van der Waals surface area contributed by atoms with Crippen LogP contribution < -0.4 is 16.0 Å². The number of thiophene rings is 1. The molecule has 3 N–H and O–H groups in total. The number of hydrogen-bond donors (Lipinski definition) is 3. The van der Waals surface area contributed by atoms with Gasteiger partial charge in [-0.1, -0.05) is 60.7 Å². The Hall–Kier alpha value is -4.67. The molecule has 0 saturated carbocycles. The monoisotopic (exact) mass is 489 g/mol. The lowest BCUT2D eigenvalue weighted by molar-refractivity contribution is 0.262. The number of anilines is 3. The topological polar surface area (TPSA) is 89.8 Å². The van der Waals surface area contributed by atoms with Gasteiger partial charge in [-0.05, 0) is 47.9 Å². The SMILES string of the molecule is N#Cc1cnc2sc(-c3ccccc3)cc2c1NCCc1ccc(NC(=O)Nc2ccccc2)cc1. The van der Waals surface area contributed by atoms with E-state index in [4.69, 9.17) is 0 Å². The first-order valence-corrected chi connectivity index (χ1v) is 12.4. The van der Waals surface area contributed by atoms with Crippen molar-refractivity contribution in [1.82, 2.24) is 4.98 Å². The molecule has 2 heterocycles. The summed E-state index contributed by atoms with van der Waals surface area (Å²) in [6.07, 6.45) is 2.40. The minimum absolute atomic E-state index is 0.285. The lowest BCUT2D eigenvalue weighted by atomic mass is 10.1. The summed E-state index contributed by atoms with van der Waals surface area (Å²) >= 11 is 1.62. The summed E-state index contributed by atoms with van der Waals surface area (Å²) in [5.74, 6) is 0. The Morgan fingerprint density at radius 3 is 2.25 bits per heavy atom. The van der Waals surface area contributed by atoms with Crippen LogP contribution in [0.4, 0.5) is 21.9 Å². The predicted molar refractivity (Wildman–Crippen MR) is 147 cm³/mol. The van der Waals surface area contributed by atoms with Gasteiger partial charge in [0.2, 0.25) is 0 Å². The Bertz CT molecular complexity index is 1520. The molecule has 0 saturated heterocycles. The average molecular weight is 490 g/mol. The van der Waals surface area contributed by atoms with E-state index in [-0.39, 0.29) is 6.03 Å². The number of benzene rings is 3. The molecule has 0 atom stereocenters. The number of carbonyl (C=O) groups excluding carboxylic acids is 1. The lowest BCUT2D eigenvalue weighted by Gasteiger charge is -2.11. The fourth-order valence-corrected chi connectivity index (χ4v) is 4.93. The van der Waals surface area contributed by atoms with Crippen molar-refractivity contribution in [2.45, 2.75) is 6.42 Å². The van der Waals surface area contributed by atoms with Crippen LogP contribution in [0, 0.1) is 11.3 Å². The van der Waals surface area contributed by atoms with Gasteiger partial charge >= 0.3 is 6.03 Å². The largest absolute Gasteiger partial charge is 0.383 e. The van der Waals surface area contributed by atoms with Crippen LogP contribution in [-0.4, -0.2) is 17.6 Å². The maximum Gasteiger partial charge on any atom is 0.323 e. The van der Waals surface area contributed by atoms with Gasteiger partial charge in [0.25, 0.3) is 0 Å². The van der Waals surface area contributed by atoms with Crippen molar-refractivity contribution in [2.24, 2.45) is 0 Å². The number of fused-ring (bicyclic) bond motifs is 1. The normalized spacial score (nSPS) is 10.5. The second-order valence-electron chi connectivity index (χ2n) is 8.17. The van der Waals surface area contributed by atoms with Crippen molar-refractivity contribution in [3.05, 3.63) is 108 Å². The molecule has 0 fully saturated rings. The number of hydrogen-bond acceptors (Lipinski definition) is 5. The summed E-state index contributed by atoms with van der Waals surface area (Å²) in [5.41, 5.74) is 5.06. The van der Waals surface area contributed by atoms with Crippen LogP contribution in [0.1, 0.15) is 11.1 Å². The maximum atomic E-state index is 12.2. The zero-order valence-corrected chi connectivity index (χ0v) is 20.2. The third-order valence-corrected chi connectivity index (χ3v) is 6.79. The van der Waals surface area contributed by atoms with E-state index >= 15 is 0 Å². The number of pyridine rings is 1. The number of urea groups is 1. The number of nitrogens with one attached hydrogen (secondary N) is 3. The van der Waals surface area contributed by atoms with Crippen LogP contribution in [-0.2, 0) is 6.42 Å². The molecule has 0 spiro atoms. The van der Waals surface area contributed by atoms with Crippen molar-refractivity contribution in [3.63, 3.8) is 0 Å². The Kier molecular flexibility index (Phi) is 6.88. The highest BCUT2D eigenvalue weighted by Crippen LogP contribution is 2.37. The summed E-state index contributed by atoms with van der Waals surface area (Å²) in [6.45, 7) is 0.658. The molecule has 7 heteroatoms. The molecule has 0 aliphatic rings. The minimum Gasteiger partial charge on any atom is -0.383 e. The molecule has 0 aliphatic carbocycles. The Balaban J connectivity index is 1.23. The van der Waals surface area contributed by atoms with E-state index in [0.29, 0.717) is 12.1 Å². The van der Waals surface area contributed by atoms with Gasteiger partial charge < -0.3 is 16.0 Å². The molecule has 6 nitrogen and oxygen atoms in total. The molecule has 2 amide bonds. The second-order valence-corrected chi connectivity index (χ2v) is 9.20. The van der Waals surface area contributed by atoms with Crippen molar-refractivity contribution < 1.29 is 4.79 Å². The molecule has 176 valence electrons. The molecule has 2 aromatic heterocycles. The van der Waals surface area contributed by atoms with Crippen LogP contribution in [0.15, 0.2) is 97.2 Å². The number of aromatic nitrogens is 1. The molecule has 5 aromatic rings. The fraction of sp³-hybridized carbons (Fsp3) is 0.0690. The summed E-state index contributed by atoms with van der Waals surface area (Å²) in [6, 6.07) is 31.3. The van der Waals surface area contributed by atoms with E-state index in [9.17, 15) is 10.1 Å². The zero-order chi connectivity index (χ0) is 24.7. The summed E-state index contributed by atoms with van der Waals surface area (Å²) in [4.78, 5) is 18.7. The van der Waals surface area contributed by atoms with E-state index in [1.165, 1.54) is 0 Å². The number of amides is 2. The third-order valence-electron chi connectivity index (χ3n) is 5.70. The molecule has 3 aromatic carbocycles. The van der Waals surface area contributed by atoms with E-state index in [1.807, 2.05) is 72.8 Å². The number of para-hydroxylation sites is 1. The molecule has 0 aliphatic heterocycles. The van der Waals surface area contributed by atoms with Crippen LogP contribution in [0.2, 0.25) is 0 Å². The van der Waals surface area contributed by atoms with Crippen molar-refractivity contribution >= 4 is 44.6 Å². The smallest absolute Gasteiger partial charge is 0.323 e. The Labute approximate surface area is 213 Å². The first-order valence-electron chi connectivity index (χ1n) is 11.5. The number of nitriles is 1. The number of carbonyl (C=O) groups is 1. The lowest BCUT2D eigenvalue weighted by Crippen LogP contribution is -2.19. The minimum atomic E-state index is -0.285. The van der Waals surface area contributed by atoms with Crippen LogP contribution in [0.25, 0.3) is 20.7 Å². The molecular formula is C29H23N5OS. The van der Waals surface area contributed by atoms with Gasteiger partial charge in [-0.15, -0.1) is 11.3 Å². The number of nitrogens with zero attached hydrogens (tertiary/aromatic N) is 2. The highest BCUT2D eigenvalue weighted by atomic mass is 32.1. The summed E-state index contributed by atoms with van der Waals surface area (Å²) in [7, 11) is 0. The van der Waals surface area contributed by atoms with Crippen molar-refractivity contribution in [1.29, 1.82) is 5.26 Å². The van der Waals surface area contributed by atoms with E-state index in [0.717, 1.165) is 49.7 Å². The van der Waals surface area contributed by atoms with E-state index in [2.05, 4.69) is 45.2 Å². The fourth-order valence-electron chi connectivity index (χ4n) is 3.91. The Morgan fingerprint density at radius 2 is 1.56 bits per heavy atom. The summed E-state index contributed by atoms with van der Waals surface area (Å²) in [5, 5.41) is 19.7. The average Bonchev–Trinajstić information content (AvgIpc) is 3.36. The van der Waals surface area contributed by atoms with Gasteiger partial charge in [-0.2, -0.15) is 5.26 Å². The molecule has 0 bridgehead atoms. The number of rotatable bonds is 7. The molecule has 5 rings (SSSR count). The summed E-state index contributed by atoms with van der Waals surface area (Å²) < 4.78 is 0. The van der Waals surface area contributed by atoms with Gasteiger partial charge in [0.15, 0.2) is 0 Å². The van der Waals surface area contributed by atoms with E-state index in [1.54, 1.807) is 17.5 Å². The highest BCUT2D eigenvalue weighted by molar-refractivity contribution is 7.21. The predicted octanol–water partition coefficient (Wildman–Crippen LogP) is 7.13. The van der Waals surface area contributed by atoms with E-state index < -0.39 is 0 Å². The van der Waals surface area contributed by atoms with Crippen molar-refractivity contribution in [2.75, 3.05) is 22.5 Å². The van der Waals surface area contributed by atoms with Gasteiger partial charge in [0, 0.05) is 34.4 Å². The second kappa shape index (κ2) is 10.7. The quantitative estimate of drug-likeness (QED) is 0.227. The highest BCUT2D eigenvalue weighted by Gasteiger charge is 2.13. The van der Waals surface area contributed by atoms with Crippen LogP contribution in [0.5, 0.6) is 0 Å². The first-order chi connectivity index (χ1) is 17.7. The molecule has 0 unspecified atom stereocenters. The molecule has 36 heavy (non-hydrogen) atoms. The van der Waals surface area contributed by atoms with Gasteiger partial charge in [-0.3, -0.25) is 0 Å². The first kappa shape index (κ1) is 23.1. The van der Waals surface area contributed by atoms with Crippen LogP contribution in [0.3, 0.4) is 0 Å². The van der Waals surface area contributed by atoms with Crippen LogP contribution >= 0.6 is 11.3 Å².